The van der Waals surface area contributed by atoms with Crippen molar-refractivity contribution in [1.82, 2.24) is 14.9 Å². The molecule has 24 heavy (non-hydrogen) atoms. The number of methoxy groups -OCH3 is 1. The first-order valence-electron chi connectivity index (χ1n) is 7.45. The summed E-state index contributed by atoms with van der Waals surface area (Å²) in [4.78, 5) is 35.5. The van der Waals surface area contributed by atoms with Crippen LogP contribution in [0, 0.1) is 0 Å². The van der Waals surface area contributed by atoms with Gasteiger partial charge in [-0.05, 0) is 18.2 Å². The van der Waals surface area contributed by atoms with E-state index in [-0.39, 0.29) is 24.4 Å². The summed E-state index contributed by atoms with van der Waals surface area (Å²) < 4.78 is 5.29. The number of rotatable bonds is 5. The number of benzene rings is 1. The number of para-hydroxylation sites is 2. The Morgan fingerprint density at radius 3 is 2.71 bits per heavy atom. The second-order valence-electron chi connectivity index (χ2n) is 5.15. The van der Waals surface area contributed by atoms with E-state index in [1.54, 1.807) is 24.1 Å². The maximum atomic E-state index is 12.5. The number of nitrogens with zero attached hydrogens (tertiary/aromatic N) is 4. The zero-order chi connectivity index (χ0) is 16.9. The van der Waals surface area contributed by atoms with Gasteiger partial charge in [0.2, 0.25) is 11.9 Å². The smallest absolute Gasteiger partial charge is 0.325 e. The summed E-state index contributed by atoms with van der Waals surface area (Å²) in [6.07, 6.45) is 3.07. The lowest BCUT2D eigenvalue weighted by molar-refractivity contribution is -0.116. The molecule has 8 nitrogen and oxygen atoms in total. The van der Waals surface area contributed by atoms with Gasteiger partial charge in [-0.2, -0.15) is 0 Å². The van der Waals surface area contributed by atoms with E-state index in [0.717, 1.165) is 0 Å². The van der Waals surface area contributed by atoms with Gasteiger partial charge in [-0.3, -0.25) is 15.0 Å². The van der Waals surface area contributed by atoms with Crippen molar-refractivity contribution in [3.05, 3.63) is 42.7 Å². The van der Waals surface area contributed by atoms with Crippen molar-refractivity contribution in [1.29, 1.82) is 0 Å². The molecule has 3 amide bonds. The molecule has 124 valence electrons. The highest BCUT2D eigenvalue weighted by Crippen LogP contribution is 2.30. The third kappa shape index (κ3) is 3.27. The van der Waals surface area contributed by atoms with Crippen LogP contribution in [0.15, 0.2) is 42.7 Å². The maximum absolute atomic E-state index is 12.5. The predicted molar refractivity (Wildman–Crippen MR) is 88.0 cm³/mol. The second-order valence-corrected chi connectivity index (χ2v) is 5.15. The Morgan fingerprint density at radius 1 is 1.21 bits per heavy atom. The summed E-state index contributed by atoms with van der Waals surface area (Å²) in [6, 6.07) is 8.72. The van der Waals surface area contributed by atoms with Gasteiger partial charge in [0.25, 0.3) is 0 Å². The standard InChI is InChI=1S/C16H17N5O3/c1-24-13-6-3-2-5-12(13)21-10-9-20(16(21)23)11-14(22)19-15-17-7-4-8-18-15/h2-8H,9-11H2,1H3,(H,17,18,19,22). The number of nitrogens with one attached hydrogen (secondary N) is 1. The fraction of sp³-hybridized carbons (Fsp3) is 0.250. The Bertz CT molecular complexity index is 738. The third-order valence-corrected chi connectivity index (χ3v) is 3.62. The molecule has 0 bridgehead atoms. The fourth-order valence-electron chi connectivity index (χ4n) is 2.51. The van der Waals surface area contributed by atoms with Gasteiger partial charge in [0.1, 0.15) is 12.3 Å². The van der Waals surface area contributed by atoms with Crippen LogP contribution in [0.25, 0.3) is 0 Å². The molecule has 1 aromatic heterocycles. The zero-order valence-electron chi connectivity index (χ0n) is 13.2. The van der Waals surface area contributed by atoms with Crippen LogP contribution in [0.5, 0.6) is 5.75 Å². The number of anilines is 2. The molecule has 1 aliphatic rings. The number of carbonyl (C=O) groups is 2. The van der Waals surface area contributed by atoms with E-state index < -0.39 is 0 Å². The quantitative estimate of drug-likeness (QED) is 0.896. The van der Waals surface area contributed by atoms with Crippen molar-refractivity contribution in [3.63, 3.8) is 0 Å². The van der Waals surface area contributed by atoms with Crippen molar-refractivity contribution < 1.29 is 14.3 Å². The zero-order valence-corrected chi connectivity index (χ0v) is 13.2. The molecule has 0 radical (unpaired) electrons. The minimum atomic E-state index is -0.337. The summed E-state index contributed by atoms with van der Waals surface area (Å²) in [5, 5.41) is 2.57. The number of ether oxygens (including phenoxy) is 1. The lowest BCUT2D eigenvalue weighted by atomic mass is 10.2. The van der Waals surface area contributed by atoms with Crippen molar-refractivity contribution in [2.75, 3.05) is 37.0 Å². The molecule has 8 heteroatoms. The molecule has 0 unspecified atom stereocenters. The lowest BCUT2D eigenvalue weighted by Crippen LogP contribution is -2.37. The van der Waals surface area contributed by atoms with E-state index in [2.05, 4.69) is 15.3 Å². The van der Waals surface area contributed by atoms with Crippen LogP contribution < -0.4 is 15.0 Å². The number of carbonyl (C=O) groups excluding carboxylic acids is 2. The molecule has 2 heterocycles. The molecule has 1 saturated heterocycles. The van der Waals surface area contributed by atoms with Crippen LogP contribution in [0.3, 0.4) is 0 Å². The Hall–Kier alpha value is -3.16. The molecule has 0 atom stereocenters. The minimum absolute atomic E-state index is 0.0528. The largest absolute Gasteiger partial charge is 0.495 e. The first kappa shape index (κ1) is 15.7. The predicted octanol–water partition coefficient (Wildman–Crippen LogP) is 1.37. The summed E-state index contributed by atoms with van der Waals surface area (Å²) in [7, 11) is 1.56. The maximum Gasteiger partial charge on any atom is 0.325 e. The van der Waals surface area contributed by atoms with Gasteiger partial charge in [-0.1, -0.05) is 12.1 Å². The van der Waals surface area contributed by atoms with Crippen LogP contribution in [0.4, 0.5) is 16.4 Å². The molecular weight excluding hydrogens is 310 g/mol. The molecule has 0 spiro atoms. The van der Waals surface area contributed by atoms with Gasteiger partial charge in [-0.25, -0.2) is 14.8 Å². The number of hydrogen-bond acceptors (Lipinski definition) is 5. The van der Waals surface area contributed by atoms with Crippen molar-refractivity contribution >= 4 is 23.6 Å². The highest BCUT2D eigenvalue weighted by molar-refractivity contribution is 5.99. The average molecular weight is 327 g/mol. The first-order chi connectivity index (χ1) is 11.7. The normalized spacial score (nSPS) is 14.0. The van der Waals surface area contributed by atoms with E-state index in [9.17, 15) is 9.59 Å². The van der Waals surface area contributed by atoms with Crippen LogP contribution in [-0.2, 0) is 4.79 Å². The summed E-state index contributed by atoms with van der Waals surface area (Å²) in [5.74, 6) is 0.502. The summed E-state index contributed by atoms with van der Waals surface area (Å²) in [6.45, 7) is 0.900. The van der Waals surface area contributed by atoms with E-state index in [4.69, 9.17) is 4.74 Å². The molecule has 2 aromatic rings. The van der Waals surface area contributed by atoms with Gasteiger partial charge >= 0.3 is 6.03 Å². The molecule has 0 aliphatic carbocycles. The van der Waals surface area contributed by atoms with Gasteiger partial charge in [-0.15, -0.1) is 0 Å². The molecule has 1 fully saturated rings. The SMILES string of the molecule is COc1ccccc1N1CCN(CC(=O)Nc2ncccn2)C1=O. The topological polar surface area (TPSA) is 87.7 Å². The molecular formula is C16H17N5O3. The van der Waals surface area contributed by atoms with E-state index in [0.29, 0.717) is 24.5 Å². The summed E-state index contributed by atoms with van der Waals surface area (Å²) >= 11 is 0. The van der Waals surface area contributed by atoms with Crippen molar-refractivity contribution in [2.24, 2.45) is 0 Å². The third-order valence-electron chi connectivity index (χ3n) is 3.62. The van der Waals surface area contributed by atoms with Crippen LogP contribution in [-0.4, -0.2) is 53.6 Å². The first-order valence-corrected chi connectivity index (χ1v) is 7.45. The van der Waals surface area contributed by atoms with Gasteiger partial charge in [0, 0.05) is 25.5 Å². The minimum Gasteiger partial charge on any atom is -0.495 e. The molecule has 3 rings (SSSR count). The van der Waals surface area contributed by atoms with Gasteiger partial charge in [0.15, 0.2) is 0 Å². The second kappa shape index (κ2) is 6.95. The summed E-state index contributed by atoms with van der Waals surface area (Å²) in [5.41, 5.74) is 0.694. The Balaban J connectivity index is 1.65. The Labute approximate surface area is 139 Å². The van der Waals surface area contributed by atoms with E-state index in [1.165, 1.54) is 17.3 Å². The van der Waals surface area contributed by atoms with Gasteiger partial charge in [0.05, 0.1) is 12.8 Å². The Morgan fingerprint density at radius 2 is 1.96 bits per heavy atom. The van der Waals surface area contributed by atoms with Crippen molar-refractivity contribution in [3.8, 4) is 5.75 Å². The lowest BCUT2D eigenvalue weighted by Gasteiger charge is -2.20. The number of aromatic nitrogens is 2. The average Bonchev–Trinajstić information content (AvgIpc) is 2.96. The highest BCUT2D eigenvalue weighted by Gasteiger charge is 2.32. The van der Waals surface area contributed by atoms with E-state index >= 15 is 0 Å². The van der Waals surface area contributed by atoms with E-state index in [1.807, 2.05) is 18.2 Å². The highest BCUT2D eigenvalue weighted by atomic mass is 16.5. The molecule has 1 aliphatic heterocycles. The number of hydrogen-bond donors (Lipinski definition) is 1. The fourth-order valence-corrected chi connectivity index (χ4v) is 2.51. The van der Waals surface area contributed by atoms with Gasteiger partial charge < -0.3 is 9.64 Å². The monoisotopic (exact) mass is 327 g/mol. The molecule has 0 saturated carbocycles. The van der Waals surface area contributed by atoms with Crippen LogP contribution >= 0.6 is 0 Å². The number of amides is 3. The Kier molecular flexibility index (Phi) is 4.55. The van der Waals surface area contributed by atoms with Crippen LogP contribution in [0.1, 0.15) is 0 Å². The van der Waals surface area contributed by atoms with Crippen molar-refractivity contribution in [2.45, 2.75) is 0 Å². The molecule has 1 N–H and O–H groups in total. The molecule has 1 aromatic carbocycles. The number of urea groups is 1. The van der Waals surface area contributed by atoms with Crippen LogP contribution in [0.2, 0.25) is 0 Å².